The molecule has 31 heavy (non-hydrogen) atoms. The first-order valence-electron chi connectivity index (χ1n) is 10.5. The molecule has 0 aliphatic rings. The van der Waals surface area contributed by atoms with Crippen LogP contribution in [0.2, 0.25) is 0 Å². The first-order valence-corrected chi connectivity index (χ1v) is 10.5. The van der Waals surface area contributed by atoms with Crippen LogP contribution in [0, 0.1) is 6.92 Å². The van der Waals surface area contributed by atoms with Crippen LogP contribution < -0.4 is 14.2 Å². The van der Waals surface area contributed by atoms with Crippen LogP contribution in [0.15, 0.2) is 72.8 Å². The van der Waals surface area contributed by atoms with Crippen LogP contribution in [0.1, 0.15) is 40.9 Å². The minimum atomic E-state index is -0.0130. The molecule has 0 saturated carbocycles. The van der Waals surface area contributed by atoms with Gasteiger partial charge < -0.3 is 14.2 Å². The summed E-state index contributed by atoms with van der Waals surface area (Å²) in [5.41, 5.74) is 3.76. The molecule has 0 aromatic heterocycles. The molecule has 0 spiro atoms. The minimum Gasteiger partial charge on any atom is -0.490 e. The molecule has 160 valence electrons. The third-order valence-corrected chi connectivity index (χ3v) is 4.66. The number of carbonyl (C=O) groups excluding carboxylic acids is 1. The molecule has 0 N–H and O–H groups in total. The van der Waals surface area contributed by atoms with E-state index in [4.69, 9.17) is 14.2 Å². The fourth-order valence-electron chi connectivity index (χ4n) is 3.01. The van der Waals surface area contributed by atoms with Gasteiger partial charge in [0.15, 0.2) is 17.3 Å². The van der Waals surface area contributed by atoms with Crippen LogP contribution >= 0.6 is 0 Å². The van der Waals surface area contributed by atoms with Crippen LogP contribution in [0.5, 0.6) is 17.2 Å². The topological polar surface area (TPSA) is 44.8 Å². The quantitative estimate of drug-likeness (QED) is 0.289. The zero-order valence-electron chi connectivity index (χ0n) is 18.3. The largest absolute Gasteiger partial charge is 0.490 e. The zero-order chi connectivity index (χ0) is 22.1. The Morgan fingerprint density at radius 2 is 1.48 bits per heavy atom. The molecule has 0 unspecified atom stereocenters. The second-order valence-corrected chi connectivity index (χ2v) is 7.07. The van der Waals surface area contributed by atoms with E-state index in [-0.39, 0.29) is 5.78 Å². The number of ketones is 1. The first-order chi connectivity index (χ1) is 15.1. The molecule has 3 aromatic rings. The molecule has 0 atom stereocenters. The summed E-state index contributed by atoms with van der Waals surface area (Å²) in [6.45, 7) is 7.49. The molecule has 0 heterocycles. The first kappa shape index (κ1) is 22.2. The lowest BCUT2D eigenvalue weighted by Crippen LogP contribution is -2.01. The Labute approximate surface area is 184 Å². The second-order valence-electron chi connectivity index (χ2n) is 7.07. The van der Waals surface area contributed by atoms with E-state index in [0.29, 0.717) is 25.4 Å². The van der Waals surface area contributed by atoms with Gasteiger partial charge in [0.2, 0.25) is 0 Å². The molecule has 0 aliphatic carbocycles. The van der Waals surface area contributed by atoms with Crippen LogP contribution in [-0.4, -0.2) is 19.0 Å². The summed E-state index contributed by atoms with van der Waals surface area (Å²) >= 11 is 0. The highest BCUT2D eigenvalue weighted by Gasteiger charge is 2.07. The van der Waals surface area contributed by atoms with Gasteiger partial charge in [0, 0.05) is 5.56 Å². The number of ether oxygens (including phenoxy) is 3. The predicted octanol–water partition coefficient (Wildman–Crippen LogP) is 6.27. The van der Waals surface area contributed by atoms with E-state index in [1.165, 1.54) is 0 Å². The van der Waals surface area contributed by atoms with Crippen LogP contribution in [0.4, 0.5) is 0 Å². The van der Waals surface area contributed by atoms with Crippen LogP contribution in [-0.2, 0) is 6.61 Å². The van der Waals surface area contributed by atoms with Crippen molar-refractivity contribution in [1.29, 1.82) is 0 Å². The average molecular weight is 417 g/mol. The average Bonchev–Trinajstić information content (AvgIpc) is 2.79. The Morgan fingerprint density at radius 1 is 0.806 bits per heavy atom. The maximum atomic E-state index is 12.3. The fraction of sp³-hybridized carbons (Fsp3) is 0.222. The Kier molecular flexibility index (Phi) is 7.88. The molecule has 0 aliphatic heterocycles. The summed E-state index contributed by atoms with van der Waals surface area (Å²) in [5, 5.41) is 0. The summed E-state index contributed by atoms with van der Waals surface area (Å²) in [6.07, 6.45) is 3.41. The molecular weight excluding hydrogens is 388 g/mol. The summed E-state index contributed by atoms with van der Waals surface area (Å²) < 4.78 is 17.2. The Hall–Kier alpha value is -3.53. The van der Waals surface area contributed by atoms with Gasteiger partial charge in [-0.3, -0.25) is 4.79 Å². The highest BCUT2D eigenvalue weighted by Crippen LogP contribution is 2.29. The number of carbonyl (C=O) groups is 1. The van der Waals surface area contributed by atoms with Gasteiger partial charge in [-0.15, -0.1) is 0 Å². The van der Waals surface area contributed by atoms with Crippen molar-refractivity contribution in [1.82, 2.24) is 0 Å². The van der Waals surface area contributed by atoms with E-state index in [2.05, 4.69) is 0 Å². The van der Waals surface area contributed by atoms with Crippen molar-refractivity contribution >= 4 is 11.9 Å². The van der Waals surface area contributed by atoms with Crippen LogP contribution in [0.25, 0.3) is 6.08 Å². The number of benzene rings is 3. The molecule has 0 bridgehead atoms. The number of aryl methyl sites for hydroxylation is 1. The summed E-state index contributed by atoms with van der Waals surface area (Å²) in [4.78, 5) is 12.3. The zero-order valence-corrected chi connectivity index (χ0v) is 18.3. The van der Waals surface area contributed by atoms with Gasteiger partial charge >= 0.3 is 0 Å². The lowest BCUT2D eigenvalue weighted by Gasteiger charge is -2.13. The molecule has 4 nitrogen and oxygen atoms in total. The summed E-state index contributed by atoms with van der Waals surface area (Å²) in [7, 11) is 0. The van der Waals surface area contributed by atoms with E-state index in [9.17, 15) is 4.79 Å². The van der Waals surface area contributed by atoms with Gasteiger partial charge in [0.25, 0.3) is 0 Å². The van der Waals surface area contributed by atoms with Gasteiger partial charge in [0.1, 0.15) is 12.4 Å². The van der Waals surface area contributed by atoms with E-state index in [1.807, 2.05) is 93.6 Å². The fourth-order valence-corrected chi connectivity index (χ4v) is 3.01. The van der Waals surface area contributed by atoms with Crippen molar-refractivity contribution in [2.75, 3.05) is 13.2 Å². The van der Waals surface area contributed by atoms with E-state index in [1.54, 1.807) is 6.08 Å². The molecular formula is C27H28O4. The SMILES string of the molecule is CCOc1ccc(COc2ccc(/C=C/C(=O)c3ccc(C)cc3)cc2)cc1OCC. The second kappa shape index (κ2) is 11.0. The van der Waals surface area contributed by atoms with Crippen molar-refractivity contribution in [2.24, 2.45) is 0 Å². The summed E-state index contributed by atoms with van der Waals surface area (Å²) in [6, 6.07) is 21.0. The predicted molar refractivity (Wildman–Crippen MR) is 124 cm³/mol. The molecule has 0 amide bonds. The molecule has 0 radical (unpaired) electrons. The van der Waals surface area contributed by atoms with Crippen molar-refractivity contribution in [2.45, 2.75) is 27.4 Å². The smallest absolute Gasteiger partial charge is 0.185 e. The van der Waals surface area contributed by atoms with Crippen molar-refractivity contribution in [3.8, 4) is 17.2 Å². The monoisotopic (exact) mass is 416 g/mol. The lowest BCUT2D eigenvalue weighted by molar-refractivity contribution is 0.104. The number of hydrogen-bond donors (Lipinski definition) is 0. The van der Waals surface area contributed by atoms with E-state index < -0.39 is 0 Å². The van der Waals surface area contributed by atoms with E-state index in [0.717, 1.165) is 33.9 Å². The Morgan fingerprint density at radius 3 is 2.16 bits per heavy atom. The normalized spacial score (nSPS) is 10.8. The van der Waals surface area contributed by atoms with Gasteiger partial charge in [-0.1, -0.05) is 54.1 Å². The molecule has 0 fully saturated rings. The Bertz CT molecular complexity index is 1020. The Balaban J connectivity index is 1.58. The third-order valence-electron chi connectivity index (χ3n) is 4.66. The highest BCUT2D eigenvalue weighted by atomic mass is 16.5. The van der Waals surface area contributed by atoms with Crippen molar-refractivity contribution in [3.05, 3.63) is 95.1 Å². The van der Waals surface area contributed by atoms with Gasteiger partial charge in [-0.05, 0) is 62.2 Å². The lowest BCUT2D eigenvalue weighted by atomic mass is 10.1. The van der Waals surface area contributed by atoms with Gasteiger partial charge in [-0.25, -0.2) is 0 Å². The number of rotatable bonds is 10. The standard InChI is InChI=1S/C27H28O4/c1-4-29-26-17-11-22(18-27(26)30-5-2)19-31-24-14-8-21(9-15-24)10-16-25(28)23-12-6-20(3)7-13-23/h6-18H,4-5,19H2,1-3H3/b16-10+. The van der Waals surface area contributed by atoms with E-state index >= 15 is 0 Å². The van der Waals surface area contributed by atoms with Crippen LogP contribution in [0.3, 0.4) is 0 Å². The third kappa shape index (κ3) is 6.48. The minimum absolute atomic E-state index is 0.0130. The van der Waals surface area contributed by atoms with Crippen molar-refractivity contribution < 1.29 is 19.0 Å². The van der Waals surface area contributed by atoms with Gasteiger partial charge in [-0.2, -0.15) is 0 Å². The molecule has 3 aromatic carbocycles. The number of hydrogen-bond acceptors (Lipinski definition) is 4. The summed E-state index contributed by atoms with van der Waals surface area (Å²) in [5.74, 6) is 2.21. The molecule has 0 saturated heterocycles. The van der Waals surface area contributed by atoms with Gasteiger partial charge in [0.05, 0.1) is 13.2 Å². The highest BCUT2D eigenvalue weighted by molar-refractivity contribution is 6.06. The van der Waals surface area contributed by atoms with Crippen molar-refractivity contribution in [3.63, 3.8) is 0 Å². The number of allylic oxidation sites excluding steroid dienone is 1. The maximum absolute atomic E-state index is 12.3. The maximum Gasteiger partial charge on any atom is 0.185 e. The molecule has 4 heteroatoms. The molecule has 3 rings (SSSR count).